The number of aromatic nitrogens is 5. The first kappa shape index (κ1) is 8.82. The minimum atomic E-state index is 0.419. The Kier molecular flexibility index (Phi) is 2.23. The molecule has 0 fully saturated rings. The van der Waals surface area contributed by atoms with E-state index in [9.17, 15) is 0 Å². The van der Waals surface area contributed by atoms with Gasteiger partial charge >= 0.3 is 0 Å². The maximum absolute atomic E-state index is 4.87. The van der Waals surface area contributed by atoms with Crippen LogP contribution in [0.4, 0.5) is 11.8 Å². The van der Waals surface area contributed by atoms with Crippen molar-refractivity contribution >= 4 is 24.0 Å². The second-order valence-corrected chi connectivity index (χ2v) is 3.04. The number of nitrogens with one attached hydrogen (secondary N) is 3. The van der Waals surface area contributed by atoms with Gasteiger partial charge < -0.3 is 10.3 Å². The van der Waals surface area contributed by atoms with Crippen LogP contribution in [0.25, 0.3) is 0 Å². The summed E-state index contributed by atoms with van der Waals surface area (Å²) < 4.78 is 0.419. The zero-order chi connectivity index (χ0) is 9.97. The third-order valence-corrected chi connectivity index (χ3v) is 1.73. The Balaban J connectivity index is 2.23. The smallest absolute Gasteiger partial charge is 0.247 e. The van der Waals surface area contributed by atoms with Crippen molar-refractivity contribution in [2.45, 2.75) is 6.92 Å². The molecule has 0 aliphatic heterocycles. The fourth-order valence-corrected chi connectivity index (χ4v) is 1.13. The molecule has 2 rings (SSSR count). The largest absolute Gasteiger partial charge is 0.317 e. The predicted octanol–water partition coefficient (Wildman–Crippen LogP) is 1.31. The molecule has 0 bridgehead atoms. The minimum Gasteiger partial charge on any atom is -0.317 e. The Morgan fingerprint density at radius 1 is 1.50 bits per heavy atom. The van der Waals surface area contributed by atoms with Gasteiger partial charge in [-0.05, 0) is 25.2 Å². The molecule has 0 spiro atoms. The lowest BCUT2D eigenvalue weighted by Gasteiger charge is -1.99. The average Bonchev–Trinajstić information content (AvgIpc) is 2.51. The second kappa shape index (κ2) is 3.54. The van der Waals surface area contributed by atoms with E-state index in [1.54, 1.807) is 12.3 Å². The molecule has 72 valence electrons. The number of aryl methyl sites for hydroxylation is 1. The van der Waals surface area contributed by atoms with Crippen LogP contribution in [0.15, 0.2) is 12.3 Å². The normalized spacial score (nSPS) is 10.1. The summed E-state index contributed by atoms with van der Waals surface area (Å²) in [6.45, 7) is 1.83. The van der Waals surface area contributed by atoms with E-state index in [0.29, 0.717) is 16.5 Å². The molecule has 0 atom stereocenters. The van der Waals surface area contributed by atoms with Gasteiger partial charge in [0, 0.05) is 6.20 Å². The van der Waals surface area contributed by atoms with Crippen molar-refractivity contribution in [3.05, 3.63) is 22.9 Å². The first-order valence-electron chi connectivity index (χ1n) is 3.95. The summed E-state index contributed by atoms with van der Waals surface area (Å²) in [5.41, 5.74) is 0. The Bertz CT molecular complexity index is 487. The second-order valence-electron chi connectivity index (χ2n) is 2.66. The highest BCUT2D eigenvalue weighted by Crippen LogP contribution is 2.07. The van der Waals surface area contributed by atoms with Gasteiger partial charge in [-0.25, -0.2) is 4.98 Å². The number of anilines is 2. The van der Waals surface area contributed by atoms with Crippen molar-refractivity contribution < 1.29 is 0 Å². The van der Waals surface area contributed by atoms with E-state index in [1.807, 2.05) is 6.92 Å². The lowest BCUT2D eigenvalue weighted by Crippen LogP contribution is -1.96. The first-order chi connectivity index (χ1) is 6.74. The van der Waals surface area contributed by atoms with Crippen molar-refractivity contribution in [3.63, 3.8) is 0 Å². The van der Waals surface area contributed by atoms with Crippen LogP contribution in [-0.2, 0) is 0 Å². The molecular weight excluding hydrogens is 200 g/mol. The van der Waals surface area contributed by atoms with Gasteiger partial charge in [-0.3, -0.25) is 5.10 Å². The third kappa shape index (κ3) is 1.94. The van der Waals surface area contributed by atoms with Gasteiger partial charge in [-0.15, -0.1) is 5.10 Å². The highest BCUT2D eigenvalue weighted by atomic mass is 32.1. The molecule has 0 unspecified atom stereocenters. The van der Waals surface area contributed by atoms with Crippen LogP contribution in [0.5, 0.6) is 0 Å². The molecule has 3 N–H and O–H groups in total. The van der Waals surface area contributed by atoms with Crippen molar-refractivity contribution in [1.29, 1.82) is 0 Å². The predicted molar refractivity (Wildman–Crippen MR) is 53.8 cm³/mol. The molecular formula is C7H8N6S. The summed E-state index contributed by atoms with van der Waals surface area (Å²) in [7, 11) is 0. The van der Waals surface area contributed by atoms with Gasteiger partial charge in [0.25, 0.3) is 0 Å². The standard InChI is InChI=1S/C7H8N6S/c1-4-9-6(13-12-4)10-5-2-3-8-7(14)11-5/h2-3H,1H3,(H3,8,9,10,11,12,13,14). The van der Waals surface area contributed by atoms with Gasteiger partial charge in [-0.2, -0.15) is 4.98 Å². The number of H-pyrrole nitrogens is 2. The van der Waals surface area contributed by atoms with E-state index in [1.165, 1.54) is 0 Å². The Morgan fingerprint density at radius 2 is 2.36 bits per heavy atom. The molecule has 14 heavy (non-hydrogen) atoms. The van der Waals surface area contributed by atoms with Gasteiger partial charge in [0.15, 0.2) is 4.77 Å². The summed E-state index contributed by atoms with van der Waals surface area (Å²) in [5.74, 6) is 1.96. The van der Waals surface area contributed by atoms with Crippen LogP contribution >= 0.6 is 12.2 Å². The molecule has 0 aliphatic carbocycles. The van der Waals surface area contributed by atoms with Gasteiger partial charge in [-0.1, -0.05) is 0 Å². The average molecular weight is 208 g/mol. The number of aromatic amines is 2. The van der Waals surface area contributed by atoms with E-state index in [0.717, 1.165) is 5.82 Å². The van der Waals surface area contributed by atoms with Gasteiger partial charge in [0.1, 0.15) is 11.6 Å². The quantitative estimate of drug-likeness (QED) is 0.648. The zero-order valence-corrected chi connectivity index (χ0v) is 8.22. The zero-order valence-electron chi connectivity index (χ0n) is 7.40. The number of rotatable bonds is 2. The first-order valence-corrected chi connectivity index (χ1v) is 4.36. The lowest BCUT2D eigenvalue weighted by molar-refractivity contribution is 1.04. The number of nitrogens with zero attached hydrogens (tertiary/aromatic N) is 3. The molecule has 0 saturated heterocycles. The van der Waals surface area contributed by atoms with Crippen LogP contribution in [0.2, 0.25) is 0 Å². The lowest BCUT2D eigenvalue weighted by atomic mass is 10.6. The molecule has 2 aromatic rings. The molecule has 0 saturated carbocycles. The molecule has 7 heteroatoms. The van der Waals surface area contributed by atoms with E-state index in [2.05, 4.69) is 30.5 Å². The molecule has 2 heterocycles. The Labute approximate surface area is 84.8 Å². The summed E-state index contributed by atoms with van der Waals surface area (Å²) in [6.07, 6.45) is 1.61. The molecule has 6 nitrogen and oxygen atoms in total. The Hall–Kier alpha value is -1.76. The van der Waals surface area contributed by atoms with E-state index in [4.69, 9.17) is 12.2 Å². The highest BCUT2D eigenvalue weighted by molar-refractivity contribution is 7.71. The summed E-state index contributed by atoms with van der Waals surface area (Å²) >= 11 is 4.87. The van der Waals surface area contributed by atoms with Crippen molar-refractivity contribution in [3.8, 4) is 0 Å². The van der Waals surface area contributed by atoms with Crippen LogP contribution in [0.3, 0.4) is 0 Å². The fraction of sp³-hybridized carbons (Fsp3) is 0.143. The SMILES string of the molecule is Cc1nc(Nc2ccnc(=S)[nH]2)n[nH]1. The van der Waals surface area contributed by atoms with Crippen molar-refractivity contribution in [2.75, 3.05) is 5.32 Å². The van der Waals surface area contributed by atoms with E-state index < -0.39 is 0 Å². The number of hydrogen-bond acceptors (Lipinski definition) is 5. The molecule has 0 aliphatic rings. The maximum Gasteiger partial charge on any atom is 0.247 e. The van der Waals surface area contributed by atoms with Gasteiger partial charge in [0.2, 0.25) is 5.95 Å². The summed E-state index contributed by atoms with van der Waals surface area (Å²) in [6, 6.07) is 1.75. The van der Waals surface area contributed by atoms with Crippen molar-refractivity contribution in [2.24, 2.45) is 0 Å². The summed E-state index contributed by atoms with van der Waals surface area (Å²) in [5, 5.41) is 9.59. The minimum absolute atomic E-state index is 0.419. The third-order valence-electron chi connectivity index (χ3n) is 1.52. The number of hydrogen-bond donors (Lipinski definition) is 3. The molecule has 2 aromatic heterocycles. The van der Waals surface area contributed by atoms with Crippen molar-refractivity contribution in [1.82, 2.24) is 25.1 Å². The van der Waals surface area contributed by atoms with Gasteiger partial charge in [0.05, 0.1) is 0 Å². The molecule has 0 radical (unpaired) electrons. The fourth-order valence-electron chi connectivity index (χ4n) is 0.961. The van der Waals surface area contributed by atoms with Crippen LogP contribution < -0.4 is 5.32 Å². The topological polar surface area (TPSA) is 82.3 Å². The maximum atomic E-state index is 4.87. The summed E-state index contributed by atoms with van der Waals surface area (Å²) in [4.78, 5) is 10.8. The Morgan fingerprint density at radius 3 is 3.00 bits per heavy atom. The molecule has 0 aromatic carbocycles. The van der Waals surface area contributed by atoms with E-state index >= 15 is 0 Å². The highest BCUT2D eigenvalue weighted by Gasteiger charge is 1.99. The monoisotopic (exact) mass is 208 g/mol. The van der Waals surface area contributed by atoms with Crippen LogP contribution in [0.1, 0.15) is 5.82 Å². The van der Waals surface area contributed by atoms with Crippen LogP contribution in [-0.4, -0.2) is 25.1 Å². The molecule has 0 amide bonds. The van der Waals surface area contributed by atoms with Crippen LogP contribution in [0, 0.1) is 11.7 Å². The van der Waals surface area contributed by atoms with E-state index in [-0.39, 0.29) is 0 Å².